The van der Waals surface area contributed by atoms with E-state index in [1.54, 1.807) is 6.92 Å². The van der Waals surface area contributed by atoms with E-state index >= 15 is 0 Å². The number of carbonyl (C=O) groups is 1. The number of rotatable bonds is 4. The SMILES string of the molecule is COC(=O)C(C)OCC1CCOCC1. The van der Waals surface area contributed by atoms with E-state index in [0.717, 1.165) is 26.1 Å². The molecule has 0 saturated carbocycles. The maximum Gasteiger partial charge on any atom is 0.334 e. The molecule has 0 spiro atoms. The Labute approximate surface area is 84.5 Å². The zero-order valence-corrected chi connectivity index (χ0v) is 8.82. The lowest BCUT2D eigenvalue weighted by atomic mass is 10.0. The predicted molar refractivity (Wildman–Crippen MR) is 51.0 cm³/mol. The summed E-state index contributed by atoms with van der Waals surface area (Å²) in [5, 5.41) is 0. The van der Waals surface area contributed by atoms with E-state index in [9.17, 15) is 4.79 Å². The minimum atomic E-state index is -0.456. The van der Waals surface area contributed by atoms with E-state index in [1.807, 2.05) is 0 Å². The minimum absolute atomic E-state index is 0.308. The maximum atomic E-state index is 11.0. The molecule has 0 amide bonds. The van der Waals surface area contributed by atoms with Crippen molar-refractivity contribution in [3.8, 4) is 0 Å². The highest BCUT2D eigenvalue weighted by atomic mass is 16.6. The van der Waals surface area contributed by atoms with Gasteiger partial charge in [-0.05, 0) is 25.7 Å². The molecular weight excluding hydrogens is 184 g/mol. The van der Waals surface area contributed by atoms with Crippen LogP contribution in [0.2, 0.25) is 0 Å². The fourth-order valence-corrected chi connectivity index (χ4v) is 1.43. The van der Waals surface area contributed by atoms with E-state index < -0.39 is 6.10 Å². The smallest absolute Gasteiger partial charge is 0.334 e. The zero-order chi connectivity index (χ0) is 10.4. The molecule has 0 N–H and O–H groups in total. The molecule has 1 saturated heterocycles. The van der Waals surface area contributed by atoms with Gasteiger partial charge in [0.1, 0.15) is 0 Å². The van der Waals surface area contributed by atoms with E-state index in [-0.39, 0.29) is 5.97 Å². The normalized spacial score (nSPS) is 20.4. The second-order valence-corrected chi connectivity index (χ2v) is 3.55. The Morgan fingerprint density at radius 2 is 2.14 bits per heavy atom. The van der Waals surface area contributed by atoms with Crippen LogP contribution >= 0.6 is 0 Å². The predicted octanol–water partition coefficient (Wildman–Crippen LogP) is 0.991. The number of hydrogen-bond donors (Lipinski definition) is 0. The van der Waals surface area contributed by atoms with Crippen molar-refractivity contribution in [1.29, 1.82) is 0 Å². The number of hydrogen-bond acceptors (Lipinski definition) is 4. The molecule has 1 rings (SSSR count). The lowest BCUT2D eigenvalue weighted by Crippen LogP contribution is -2.27. The van der Waals surface area contributed by atoms with Crippen LogP contribution in [0.5, 0.6) is 0 Å². The summed E-state index contributed by atoms with van der Waals surface area (Å²) in [6.07, 6.45) is 1.59. The maximum absolute atomic E-state index is 11.0. The van der Waals surface area contributed by atoms with Crippen LogP contribution in [0.25, 0.3) is 0 Å². The zero-order valence-electron chi connectivity index (χ0n) is 8.82. The van der Waals surface area contributed by atoms with Gasteiger partial charge in [-0.3, -0.25) is 0 Å². The summed E-state index contributed by atoms with van der Waals surface area (Å²) in [5.41, 5.74) is 0. The summed E-state index contributed by atoms with van der Waals surface area (Å²) in [6, 6.07) is 0. The van der Waals surface area contributed by atoms with E-state index in [2.05, 4.69) is 4.74 Å². The Morgan fingerprint density at radius 3 is 2.71 bits per heavy atom. The molecular formula is C10H18O4. The molecule has 4 heteroatoms. The molecule has 1 atom stereocenters. The van der Waals surface area contributed by atoms with Gasteiger partial charge in [0.05, 0.1) is 13.7 Å². The molecule has 4 nitrogen and oxygen atoms in total. The molecule has 0 aromatic rings. The van der Waals surface area contributed by atoms with Crippen molar-refractivity contribution in [2.24, 2.45) is 5.92 Å². The first kappa shape index (κ1) is 11.5. The molecule has 1 aliphatic heterocycles. The van der Waals surface area contributed by atoms with Crippen LogP contribution < -0.4 is 0 Å². The van der Waals surface area contributed by atoms with Crippen LogP contribution in [0, 0.1) is 5.92 Å². The summed E-state index contributed by atoms with van der Waals surface area (Å²) in [7, 11) is 1.37. The van der Waals surface area contributed by atoms with E-state index in [4.69, 9.17) is 9.47 Å². The van der Waals surface area contributed by atoms with Crippen LogP contribution in [-0.4, -0.2) is 39.0 Å². The lowest BCUT2D eigenvalue weighted by molar-refractivity contribution is -0.154. The van der Waals surface area contributed by atoms with E-state index in [0.29, 0.717) is 12.5 Å². The summed E-state index contributed by atoms with van der Waals surface area (Å²) < 4.78 is 15.2. The Balaban J connectivity index is 2.15. The van der Waals surface area contributed by atoms with Crippen molar-refractivity contribution >= 4 is 5.97 Å². The Kier molecular flexibility index (Phi) is 4.90. The van der Waals surface area contributed by atoms with Crippen molar-refractivity contribution < 1.29 is 19.0 Å². The van der Waals surface area contributed by atoms with Gasteiger partial charge >= 0.3 is 5.97 Å². The molecule has 0 aromatic carbocycles. The first-order valence-corrected chi connectivity index (χ1v) is 5.01. The average molecular weight is 202 g/mol. The minimum Gasteiger partial charge on any atom is -0.467 e. The van der Waals surface area contributed by atoms with Crippen LogP contribution in [0.4, 0.5) is 0 Å². The van der Waals surface area contributed by atoms with Crippen molar-refractivity contribution in [3.05, 3.63) is 0 Å². The molecule has 0 bridgehead atoms. The largest absolute Gasteiger partial charge is 0.467 e. The van der Waals surface area contributed by atoms with Crippen molar-refractivity contribution in [2.45, 2.75) is 25.9 Å². The molecule has 0 aromatic heterocycles. The number of methoxy groups -OCH3 is 1. The topological polar surface area (TPSA) is 44.8 Å². The Hall–Kier alpha value is -0.610. The van der Waals surface area contributed by atoms with Gasteiger partial charge in [0.25, 0.3) is 0 Å². The third-order valence-electron chi connectivity index (χ3n) is 2.46. The molecule has 1 aliphatic rings. The quantitative estimate of drug-likeness (QED) is 0.638. The Bertz CT molecular complexity index is 175. The standard InChI is InChI=1S/C10H18O4/c1-8(10(11)12-2)14-7-9-3-5-13-6-4-9/h8-9H,3-7H2,1-2H3. The fourth-order valence-electron chi connectivity index (χ4n) is 1.43. The van der Waals surface area contributed by atoms with Gasteiger partial charge in [-0.2, -0.15) is 0 Å². The van der Waals surface area contributed by atoms with Gasteiger partial charge in [-0.1, -0.05) is 0 Å². The van der Waals surface area contributed by atoms with Crippen LogP contribution in [0.3, 0.4) is 0 Å². The van der Waals surface area contributed by atoms with Gasteiger partial charge in [0.2, 0.25) is 0 Å². The monoisotopic (exact) mass is 202 g/mol. The van der Waals surface area contributed by atoms with Gasteiger partial charge in [-0.15, -0.1) is 0 Å². The number of esters is 1. The first-order chi connectivity index (χ1) is 6.74. The third kappa shape index (κ3) is 3.64. The summed E-state index contributed by atoms with van der Waals surface area (Å²) in [4.78, 5) is 11.0. The summed E-state index contributed by atoms with van der Waals surface area (Å²) in [5.74, 6) is 0.216. The highest BCUT2D eigenvalue weighted by molar-refractivity contribution is 5.73. The first-order valence-electron chi connectivity index (χ1n) is 5.01. The van der Waals surface area contributed by atoms with E-state index in [1.165, 1.54) is 7.11 Å². The number of ether oxygens (including phenoxy) is 3. The fraction of sp³-hybridized carbons (Fsp3) is 0.900. The van der Waals surface area contributed by atoms with Gasteiger partial charge in [0, 0.05) is 13.2 Å². The molecule has 1 fully saturated rings. The lowest BCUT2D eigenvalue weighted by Gasteiger charge is -2.22. The highest BCUT2D eigenvalue weighted by Gasteiger charge is 2.18. The molecule has 82 valence electrons. The number of carbonyl (C=O) groups excluding carboxylic acids is 1. The van der Waals surface area contributed by atoms with Gasteiger partial charge in [-0.25, -0.2) is 4.79 Å². The van der Waals surface area contributed by atoms with Crippen LogP contribution in [0.15, 0.2) is 0 Å². The second-order valence-electron chi connectivity index (χ2n) is 3.55. The van der Waals surface area contributed by atoms with Crippen LogP contribution in [-0.2, 0) is 19.0 Å². The van der Waals surface area contributed by atoms with Crippen molar-refractivity contribution in [3.63, 3.8) is 0 Å². The molecule has 0 aliphatic carbocycles. The summed E-state index contributed by atoms with van der Waals surface area (Å²) in [6.45, 7) is 3.95. The molecule has 1 heterocycles. The third-order valence-corrected chi connectivity index (χ3v) is 2.46. The van der Waals surface area contributed by atoms with Crippen LogP contribution in [0.1, 0.15) is 19.8 Å². The average Bonchev–Trinajstić information content (AvgIpc) is 2.26. The van der Waals surface area contributed by atoms with Crippen molar-refractivity contribution in [2.75, 3.05) is 26.9 Å². The molecule has 0 radical (unpaired) electrons. The van der Waals surface area contributed by atoms with Gasteiger partial charge < -0.3 is 14.2 Å². The second kappa shape index (κ2) is 5.98. The Morgan fingerprint density at radius 1 is 1.50 bits per heavy atom. The molecule has 14 heavy (non-hydrogen) atoms. The highest BCUT2D eigenvalue weighted by Crippen LogP contribution is 2.15. The summed E-state index contributed by atoms with van der Waals surface area (Å²) >= 11 is 0. The van der Waals surface area contributed by atoms with Gasteiger partial charge in [0.15, 0.2) is 6.10 Å². The molecule has 1 unspecified atom stereocenters. The van der Waals surface area contributed by atoms with Crippen molar-refractivity contribution in [1.82, 2.24) is 0 Å².